The van der Waals surface area contributed by atoms with Crippen molar-refractivity contribution in [1.29, 1.82) is 0 Å². The Kier molecular flexibility index (Phi) is 4.76. The monoisotopic (exact) mass is 359 g/mol. The average molecular weight is 359 g/mol. The maximum atomic E-state index is 13.1. The van der Waals surface area contributed by atoms with E-state index < -0.39 is 0 Å². The Morgan fingerprint density at radius 1 is 0.926 bits per heavy atom. The number of halogens is 1. The summed E-state index contributed by atoms with van der Waals surface area (Å²) in [6.45, 7) is 0.598. The minimum Gasteiger partial charge on any atom is -0.341 e. The quantitative estimate of drug-likeness (QED) is 0.609. The Labute approximate surface area is 159 Å². The van der Waals surface area contributed by atoms with Crippen LogP contribution in [-0.4, -0.2) is 17.9 Å². The molecule has 3 aromatic rings. The first-order chi connectivity index (χ1) is 13.1. The molecule has 0 unspecified atom stereocenters. The summed E-state index contributed by atoms with van der Waals surface area (Å²) in [7, 11) is 1.85. The van der Waals surface area contributed by atoms with Gasteiger partial charge in [-0.15, -0.1) is 0 Å². The topological polar surface area (TPSA) is 20.3 Å². The van der Waals surface area contributed by atoms with E-state index in [4.69, 9.17) is 0 Å². The molecular formula is C24H22FNO. The van der Waals surface area contributed by atoms with Gasteiger partial charge in [-0.05, 0) is 46.7 Å². The SMILES string of the molecule is CN(Cc1ccc(-c2ccccc2)cc1)C(=O)[C@H]1C[C@H]1c1ccc(F)cc1. The summed E-state index contributed by atoms with van der Waals surface area (Å²) < 4.78 is 13.1. The van der Waals surface area contributed by atoms with Gasteiger partial charge in [-0.1, -0.05) is 66.7 Å². The summed E-state index contributed by atoms with van der Waals surface area (Å²) in [4.78, 5) is 14.5. The van der Waals surface area contributed by atoms with E-state index in [1.807, 2.05) is 25.2 Å². The van der Waals surface area contributed by atoms with E-state index in [9.17, 15) is 9.18 Å². The molecule has 1 amide bonds. The first kappa shape index (κ1) is 17.5. The lowest BCUT2D eigenvalue weighted by molar-refractivity contribution is -0.131. The third kappa shape index (κ3) is 3.92. The van der Waals surface area contributed by atoms with Crippen molar-refractivity contribution in [3.8, 4) is 11.1 Å². The van der Waals surface area contributed by atoms with Crippen molar-refractivity contribution in [2.24, 2.45) is 5.92 Å². The van der Waals surface area contributed by atoms with E-state index in [0.717, 1.165) is 17.5 Å². The fourth-order valence-electron chi connectivity index (χ4n) is 3.61. The zero-order valence-electron chi connectivity index (χ0n) is 15.3. The fraction of sp³-hybridized carbons (Fsp3) is 0.208. The molecule has 1 fully saturated rings. The van der Waals surface area contributed by atoms with Crippen molar-refractivity contribution in [2.45, 2.75) is 18.9 Å². The molecule has 0 radical (unpaired) electrons. The maximum Gasteiger partial charge on any atom is 0.226 e. The molecule has 4 rings (SSSR count). The molecule has 0 spiro atoms. The molecule has 0 saturated heterocycles. The minimum absolute atomic E-state index is 0.0176. The Bertz CT molecular complexity index is 919. The number of amides is 1. The van der Waals surface area contributed by atoms with Crippen LogP contribution in [0.4, 0.5) is 4.39 Å². The lowest BCUT2D eigenvalue weighted by Gasteiger charge is -2.18. The third-order valence-corrected chi connectivity index (χ3v) is 5.26. The van der Waals surface area contributed by atoms with Crippen LogP contribution in [0.15, 0.2) is 78.9 Å². The van der Waals surface area contributed by atoms with Gasteiger partial charge >= 0.3 is 0 Å². The second kappa shape index (κ2) is 7.36. The summed E-state index contributed by atoms with van der Waals surface area (Å²) in [5.41, 5.74) is 4.53. The summed E-state index contributed by atoms with van der Waals surface area (Å²) in [5.74, 6) is 0.167. The van der Waals surface area contributed by atoms with Gasteiger partial charge in [-0.2, -0.15) is 0 Å². The summed E-state index contributed by atoms with van der Waals surface area (Å²) in [6.07, 6.45) is 0.849. The standard InChI is InChI=1S/C24H22FNO/c1-26(24(27)23-15-22(23)20-11-13-21(25)14-12-20)16-17-7-9-19(10-8-17)18-5-3-2-4-6-18/h2-14,22-23H,15-16H2,1H3/t22-,23-/m0/s1. The van der Waals surface area contributed by atoms with Crippen LogP contribution >= 0.6 is 0 Å². The van der Waals surface area contributed by atoms with Gasteiger partial charge in [0.2, 0.25) is 5.91 Å². The smallest absolute Gasteiger partial charge is 0.226 e. The summed E-state index contributed by atoms with van der Waals surface area (Å²) >= 11 is 0. The second-order valence-electron chi connectivity index (χ2n) is 7.26. The molecule has 1 aliphatic rings. The van der Waals surface area contributed by atoms with Gasteiger partial charge in [0.05, 0.1) is 0 Å². The normalized spacial score (nSPS) is 18.1. The number of nitrogens with zero attached hydrogens (tertiary/aromatic N) is 1. The highest BCUT2D eigenvalue weighted by atomic mass is 19.1. The molecule has 0 aliphatic heterocycles. The number of hydrogen-bond acceptors (Lipinski definition) is 1. The minimum atomic E-state index is -0.238. The first-order valence-corrected chi connectivity index (χ1v) is 9.26. The van der Waals surface area contributed by atoms with Crippen LogP contribution in [0.1, 0.15) is 23.5 Å². The van der Waals surface area contributed by atoms with Gasteiger partial charge in [-0.3, -0.25) is 4.79 Å². The van der Waals surface area contributed by atoms with Gasteiger partial charge < -0.3 is 4.90 Å². The highest BCUT2D eigenvalue weighted by molar-refractivity contribution is 5.82. The van der Waals surface area contributed by atoms with Gasteiger partial charge in [-0.25, -0.2) is 4.39 Å². The van der Waals surface area contributed by atoms with Crippen LogP contribution in [0.2, 0.25) is 0 Å². The van der Waals surface area contributed by atoms with Gasteiger partial charge in [0.1, 0.15) is 5.82 Å². The number of hydrogen-bond donors (Lipinski definition) is 0. The molecule has 0 N–H and O–H groups in total. The Morgan fingerprint density at radius 2 is 1.56 bits per heavy atom. The molecule has 1 saturated carbocycles. The van der Waals surface area contributed by atoms with Crippen molar-refractivity contribution >= 4 is 5.91 Å². The predicted molar refractivity (Wildman–Crippen MR) is 106 cm³/mol. The van der Waals surface area contributed by atoms with E-state index in [1.54, 1.807) is 17.0 Å². The van der Waals surface area contributed by atoms with Crippen LogP contribution in [0, 0.1) is 11.7 Å². The van der Waals surface area contributed by atoms with Crippen LogP contribution in [-0.2, 0) is 11.3 Å². The summed E-state index contributed by atoms with van der Waals surface area (Å²) in [6, 6.07) is 25.1. The molecule has 3 heteroatoms. The third-order valence-electron chi connectivity index (χ3n) is 5.26. The van der Waals surface area contributed by atoms with Crippen molar-refractivity contribution < 1.29 is 9.18 Å². The molecule has 27 heavy (non-hydrogen) atoms. The lowest BCUT2D eigenvalue weighted by Crippen LogP contribution is -2.28. The van der Waals surface area contributed by atoms with Gasteiger partial charge in [0.25, 0.3) is 0 Å². The Hall–Kier alpha value is -2.94. The van der Waals surface area contributed by atoms with E-state index in [1.165, 1.54) is 23.3 Å². The first-order valence-electron chi connectivity index (χ1n) is 9.26. The second-order valence-corrected chi connectivity index (χ2v) is 7.26. The zero-order valence-corrected chi connectivity index (χ0v) is 15.3. The van der Waals surface area contributed by atoms with Crippen LogP contribution in [0.25, 0.3) is 11.1 Å². The van der Waals surface area contributed by atoms with Crippen LogP contribution < -0.4 is 0 Å². The molecule has 2 atom stereocenters. The molecule has 3 aromatic carbocycles. The molecule has 0 heterocycles. The molecule has 0 aromatic heterocycles. The van der Waals surface area contributed by atoms with Crippen molar-refractivity contribution in [2.75, 3.05) is 7.05 Å². The zero-order chi connectivity index (χ0) is 18.8. The summed E-state index contributed by atoms with van der Waals surface area (Å²) in [5, 5.41) is 0. The molecule has 2 nitrogen and oxygen atoms in total. The Balaban J connectivity index is 1.37. The highest BCUT2D eigenvalue weighted by Crippen LogP contribution is 2.48. The number of benzene rings is 3. The number of carbonyl (C=O) groups excluding carboxylic acids is 1. The van der Waals surface area contributed by atoms with Crippen LogP contribution in [0.5, 0.6) is 0 Å². The van der Waals surface area contributed by atoms with E-state index in [-0.39, 0.29) is 23.6 Å². The lowest BCUT2D eigenvalue weighted by atomic mass is 10.0. The number of carbonyl (C=O) groups is 1. The Morgan fingerprint density at radius 3 is 2.22 bits per heavy atom. The predicted octanol–water partition coefficient (Wildman–Crippen LogP) is 5.25. The highest BCUT2D eigenvalue weighted by Gasteiger charge is 2.45. The van der Waals surface area contributed by atoms with E-state index in [2.05, 4.69) is 36.4 Å². The average Bonchev–Trinajstić information content (AvgIpc) is 3.50. The van der Waals surface area contributed by atoms with E-state index >= 15 is 0 Å². The van der Waals surface area contributed by atoms with Crippen molar-refractivity contribution in [1.82, 2.24) is 4.90 Å². The largest absolute Gasteiger partial charge is 0.341 e. The van der Waals surface area contributed by atoms with Gasteiger partial charge in [0, 0.05) is 19.5 Å². The van der Waals surface area contributed by atoms with Crippen molar-refractivity contribution in [3.05, 3.63) is 95.8 Å². The van der Waals surface area contributed by atoms with E-state index in [0.29, 0.717) is 6.54 Å². The molecule has 0 bridgehead atoms. The maximum absolute atomic E-state index is 13.1. The number of rotatable bonds is 5. The fourth-order valence-corrected chi connectivity index (χ4v) is 3.61. The molecule has 136 valence electrons. The molecular weight excluding hydrogens is 337 g/mol. The van der Waals surface area contributed by atoms with Crippen molar-refractivity contribution in [3.63, 3.8) is 0 Å². The van der Waals surface area contributed by atoms with Gasteiger partial charge in [0.15, 0.2) is 0 Å². The molecule has 1 aliphatic carbocycles. The van der Waals surface area contributed by atoms with Crippen LogP contribution in [0.3, 0.4) is 0 Å².